The molecule has 4 heteroatoms. The third-order valence-corrected chi connectivity index (χ3v) is 4.45. The zero-order chi connectivity index (χ0) is 10.7. The second-order valence-electron chi connectivity index (χ2n) is 3.82. The average Bonchev–Trinajstić information content (AvgIpc) is 2.71. The van der Waals surface area contributed by atoms with Crippen molar-refractivity contribution in [2.75, 3.05) is 18.8 Å². The van der Waals surface area contributed by atoms with E-state index in [0.29, 0.717) is 10.9 Å². The number of benzene rings is 1. The molecule has 1 heterocycles. The van der Waals surface area contributed by atoms with Crippen LogP contribution < -0.4 is 5.32 Å². The fourth-order valence-corrected chi connectivity index (χ4v) is 3.22. The number of hydrogen-bond donors (Lipinski definition) is 1. The summed E-state index contributed by atoms with van der Waals surface area (Å²) in [7, 11) is -0.880. The molecule has 2 unspecified atom stereocenters. The third kappa shape index (κ3) is 3.03. The van der Waals surface area contributed by atoms with Gasteiger partial charge in [-0.3, -0.25) is 4.21 Å². The largest absolute Gasteiger partial charge is 0.316 e. The standard InChI is InChI=1S/C11H14ClNOS/c12-10-1-3-11(4-2-10)15(14)8-9-5-6-13-7-9/h1-4,9,13H,5-8H2. The lowest BCUT2D eigenvalue weighted by Gasteiger charge is -2.07. The second kappa shape index (κ2) is 5.10. The van der Waals surface area contributed by atoms with Gasteiger partial charge in [0.05, 0.1) is 10.8 Å². The topological polar surface area (TPSA) is 29.1 Å². The molecule has 1 aromatic carbocycles. The van der Waals surface area contributed by atoms with Crippen molar-refractivity contribution in [3.8, 4) is 0 Å². The minimum atomic E-state index is -0.880. The molecule has 0 amide bonds. The van der Waals surface area contributed by atoms with E-state index < -0.39 is 10.8 Å². The van der Waals surface area contributed by atoms with Gasteiger partial charge in [0.2, 0.25) is 0 Å². The minimum absolute atomic E-state index is 0.557. The van der Waals surface area contributed by atoms with Gasteiger partial charge in [-0.15, -0.1) is 0 Å². The van der Waals surface area contributed by atoms with E-state index in [-0.39, 0.29) is 0 Å². The van der Waals surface area contributed by atoms with Gasteiger partial charge in [0.25, 0.3) is 0 Å². The van der Waals surface area contributed by atoms with Gasteiger partial charge >= 0.3 is 0 Å². The van der Waals surface area contributed by atoms with Crippen molar-refractivity contribution in [1.82, 2.24) is 5.32 Å². The zero-order valence-electron chi connectivity index (χ0n) is 8.41. The highest BCUT2D eigenvalue weighted by molar-refractivity contribution is 7.85. The molecule has 1 N–H and O–H groups in total. The molecule has 1 saturated heterocycles. The number of rotatable bonds is 3. The Morgan fingerprint density at radius 3 is 2.73 bits per heavy atom. The van der Waals surface area contributed by atoms with Crippen LogP contribution in [0.1, 0.15) is 6.42 Å². The highest BCUT2D eigenvalue weighted by atomic mass is 35.5. The van der Waals surface area contributed by atoms with Crippen molar-refractivity contribution < 1.29 is 4.21 Å². The molecule has 0 saturated carbocycles. The summed E-state index contributed by atoms with van der Waals surface area (Å²) in [5.74, 6) is 1.32. The molecule has 15 heavy (non-hydrogen) atoms. The lowest BCUT2D eigenvalue weighted by atomic mass is 10.2. The number of halogens is 1. The van der Waals surface area contributed by atoms with Gasteiger partial charge < -0.3 is 5.32 Å². The van der Waals surface area contributed by atoms with Crippen LogP contribution in [0.25, 0.3) is 0 Å². The smallest absolute Gasteiger partial charge is 0.0532 e. The fraction of sp³-hybridized carbons (Fsp3) is 0.455. The molecule has 1 fully saturated rings. The molecule has 2 rings (SSSR count). The predicted molar refractivity (Wildman–Crippen MR) is 63.7 cm³/mol. The Balaban J connectivity index is 1.98. The van der Waals surface area contributed by atoms with E-state index in [9.17, 15) is 4.21 Å². The average molecular weight is 244 g/mol. The van der Waals surface area contributed by atoms with Crippen molar-refractivity contribution >= 4 is 22.4 Å². The lowest BCUT2D eigenvalue weighted by Crippen LogP contribution is -2.15. The minimum Gasteiger partial charge on any atom is -0.316 e. The monoisotopic (exact) mass is 243 g/mol. The first-order valence-corrected chi connectivity index (χ1v) is 6.80. The highest BCUT2D eigenvalue weighted by Crippen LogP contribution is 2.16. The summed E-state index contributed by atoms with van der Waals surface area (Å²) < 4.78 is 12.0. The Bertz CT molecular complexity index is 346. The van der Waals surface area contributed by atoms with Crippen molar-refractivity contribution in [1.29, 1.82) is 0 Å². The Labute approximate surface area is 97.5 Å². The molecule has 1 aromatic rings. The molecule has 0 spiro atoms. The summed E-state index contributed by atoms with van der Waals surface area (Å²) in [5, 5.41) is 3.98. The maximum absolute atomic E-state index is 12.0. The summed E-state index contributed by atoms with van der Waals surface area (Å²) in [6.07, 6.45) is 1.14. The molecule has 0 radical (unpaired) electrons. The van der Waals surface area contributed by atoms with Crippen LogP contribution in [0.5, 0.6) is 0 Å². The molecular formula is C11H14ClNOS. The van der Waals surface area contributed by atoms with Crippen LogP contribution in [0.2, 0.25) is 5.02 Å². The first kappa shape index (κ1) is 11.1. The number of nitrogens with one attached hydrogen (secondary N) is 1. The Hall–Kier alpha value is -0.380. The maximum Gasteiger partial charge on any atom is 0.0532 e. The van der Waals surface area contributed by atoms with Crippen LogP contribution in [-0.4, -0.2) is 23.1 Å². The molecule has 1 aliphatic heterocycles. The molecule has 0 aliphatic carbocycles. The van der Waals surface area contributed by atoms with Crippen LogP contribution in [0, 0.1) is 5.92 Å². The van der Waals surface area contributed by atoms with E-state index in [1.54, 1.807) is 12.1 Å². The summed E-state index contributed by atoms with van der Waals surface area (Å²) in [6.45, 7) is 2.06. The maximum atomic E-state index is 12.0. The van der Waals surface area contributed by atoms with Gasteiger partial charge in [0.15, 0.2) is 0 Å². The van der Waals surface area contributed by atoms with E-state index in [1.165, 1.54) is 0 Å². The second-order valence-corrected chi connectivity index (χ2v) is 5.76. The first-order valence-electron chi connectivity index (χ1n) is 5.10. The number of hydrogen-bond acceptors (Lipinski definition) is 2. The normalized spacial score (nSPS) is 22.9. The molecular weight excluding hydrogens is 230 g/mol. The zero-order valence-corrected chi connectivity index (χ0v) is 9.98. The Kier molecular flexibility index (Phi) is 3.78. The molecule has 1 aliphatic rings. The molecule has 2 atom stereocenters. The van der Waals surface area contributed by atoms with Crippen LogP contribution in [0.15, 0.2) is 29.2 Å². The van der Waals surface area contributed by atoms with Crippen LogP contribution >= 0.6 is 11.6 Å². The molecule has 0 aromatic heterocycles. The van der Waals surface area contributed by atoms with Gasteiger partial charge in [-0.1, -0.05) is 11.6 Å². The molecule has 82 valence electrons. The van der Waals surface area contributed by atoms with E-state index in [0.717, 1.165) is 30.2 Å². The lowest BCUT2D eigenvalue weighted by molar-refractivity contribution is 0.633. The highest BCUT2D eigenvalue weighted by Gasteiger charge is 2.17. The fourth-order valence-electron chi connectivity index (χ4n) is 1.75. The van der Waals surface area contributed by atoms with E-state index in [2.05, 4.69) is 5.32 Å². The van der Waals surface area contributed by atoms with Gasteiger partial charge in [-0.25, -0.2) is 0 Å². The molecule has 2 nitrogen and oxygen atoms in total. The van der Waals surface area contributed by atoms with Crippen molar-refractivity contribution in [3.63, 3.8) is 0 Å². The van der Waals surface area contributed by atoms with Crippen LogP contribution in [-0.2, 0) is 10.8 Å². The van der Waals surface area contributed by atoms with Crippen LogP contribution in [0.4, 0.5) is 0 Å². The van der Waals surface area contributed by atoms with E-state index >= 15 is 0 Å². The van der Waals surface area contributed by atoms with Crippen LogP contribution in [0.3, 0.4) is 0 Å². The SMILES string of the molecule is O=S(CC1CCNC1)c1ccc(Cl)cc1. The molecule has 0 bridgehead atoms. The van der Waals surface area contributed by atoms with E-state index in [4.69, 9.17) is 11.6 Å². The van der Waals surface area contributed by atoms with Gasteiger partial charge in [0.1, 0.15) is 0 Å². The van der Waals surface area contributed by atoms with Gasteiger partial charge in [0, 0.05) is 15.7 Å². The van der Waals surface area contributed by atoms with Crippen molar-refractivity contribution in [2.45, 2.75) is 11.3 Å². The van der Waals surface area contributed by atoms with Gasteiger partial charge in [-0.05, 0) is 49.7 Å². The first-order chi connectivity index (χ1) is 7.25. The summed E-state index contributed by atoms with van der Waals surface area (Å²) >= 11 is 5.78. The predicted octanol–water partition coefficient (Wildman–Crippen LogP) is 2.06. The summed E-state index contributed by atoms with van der Waals surface area (Å²) in [5.41, 5.74) is 0. The van der Waals surface area contributed by atoms with Crippen molar-refractivity contribution in [2.24, 2.45) is 5.92 Å². The summed E-state index contributed by atoms with van der Waals surface area (Å²) in [6, 6.07) is 7.28. The Morgan fingerprint density at radius 2 is 2.13 bits per heavy atom. The van der Waals surface area contributed by atoms with Crippen molar-refractivity contribution in [3.05, 3.63) is 29.3 Å². The van der Waals surface area contributed by atoms with E-state index in [1.807, 2.05) is 12.1 Å². The summed E-state index contributed by atoms with van der Waals surface area (Å²) in [4.78, 5) is 0.881. The van der Waals surface area contributed by atoms with Gasteiger partial charge in [-0.2, -0.15) is 0 Å². The third-order valence-electron chi connectivity index (χ3n) is 2.63. The quantitative estimate of drug-likeness (QED) is 0.881. The Morgan fingerprint density at radius 1 is 1.40 bits per heavy atom.